The Morgan fingerprint density at radius 3 is 2.40 bits per heavy atom. The second-order valence-electron chi connectivity index (χ2n) is 7.43. The Morgan fingerprint density at radius 2 is 1.73 bits per heavy atom. The summed E-state index contributed by atoms with van der Waals surface area (Å²) in [5.41, 5.74) is 1.86. The van der Waals surface area contributed by atoms with Gasteiger partial charge in [0.25, 0.3) is 12.0 Å². The number of rotatable bonds is 4. The standard InChI is InChI=1S/C21H22F3N5O/c1-13-17(7-6-16(25-13)20(23)24)28-10-8-27(9-11-28)12-29-18-5-3-4-15(22)19(18)26-14(2)21(29)30/h3-7,20H,8-12H2,1-2H3. The van der Waals surface area contributed by atoms with Crippen LogP contribution in [0, 0.1) is 19.7 Å². The summed E-state index contributed by atoms with van der Waals surface area (Å²) in [6, 6.07) is 7.65. The fourth-order valence-corrected chi connectivity index (χ4v) is 3.85. The quantitative estimate of drug-likeness (QED) is 0.652. The van der Waals surface area contributed by atoms with E-state index in [2.05, 4.69) is 19.8 Å². The van der Waals surface area contributed by atoms with Gasteiger partial charge in [-0.15, -0.1) is 0 Å². The fourth-order valence-electron chi connectivity index (χ4n) is 3.85. The molecule has 1 aliphatic heterocycles. The number of fused-ring (bicyclic) bond motifs is 1. The first kappa shape index (κ1) is 20.3. The molecule has 0 unspecified atom stereocenters. The van der Waals surface area contributed by atoms with Crippen LogP contribution in [0.4, 0.5) is 18.9 Å². The summed E-state index contributed by atoms with van der Waals surface area (Å²) in [6.07, 6.45) is -2.59. The largest absolute Gasteiger partial charge is 0.368 e. The number of para-hydroxylation sites is 1. The number of alkyl halides is 2. The molecule has 1 aliphatic rings. The Morgan fingerprint density at radius 1 is 1.00 bits per heavy atom. The van der Waals surface area contributed by atoms with Crippen molar-refractivity contribution in [2.24, 2.45) is 0 Å². The van der Waals surface area contributed by atoms with Crippen LogP contribution in [-0.2, 0) is 6.67 Å². The first-order valence-corrected chi connectivity index (χ1v) is 9.74. The molecular weight excluding hydrogens is 395 g/mol. The molecule has 158 valence electrons. The second-order valence-corrected chi connectivity index (χ2v) is 7.43. The van der Waals surface area contributed by atoms with Crippen molar-refractivity contribution < 1.29 is 13.2 Å². The van der Waals surface area contributed by atoms with E-state index in [-0.39, 0.29) is 22.5 Å². The van der Waals surface area contributed by atoms with Crippen molar-refractivity contribution in [2.45, 2.75) is 26.9 Å². The molecule has 6 nitrogen and oxygen atoms in total. The molecule has 0 bridgehead atoms. The molecular formula is C21H22F3N5O. The van der Waals surface area contributed by atoms with Gasteiger partial charge in [-0.05, 0) is 38.1 Å². The van der Waals surface area contributed by atoms with Gasteiger partial charge in [-0.1, -0.05) is 6.07 Å². The molecule has 0 spiro atoms. The van der Waals surface area contributed by atoms with E-state index in [1.165, 1.54) is 12.1 Å². The van der Waals surface area contributed by atoms with Crippen LogP contribution in [0.5, 0.6) is 0 Å². The topological polar surface area (TPSA) is 54.3 Å². The highest BCUT2D eigenvalue weighted by Gasteiger charge is 2.21. The first-order valence-electron chi connectivity index (χ1n) is 9.74. The lowest BCUT2D eigenvalue weighted by molar-refractivity contribution is 0.146. The summed E-state index contributed by atoms with van der Waals surface area (Å²) in [4.78, 5) is 25.0. The van der Waals surface area contributed by atoms with Crippen molar-refractivity contribution in [3.05, 3.63) is 63.6 Å². The number of hydrogen-bond donors (Lipinski definition) is 0. The molecule has 0 atom stereocenters. The van der Waals surface area contributed by atoms with E-state index >= 15 is 0 Å². The van der Waals surface area contributed by atoms with Gasteiger partial charge in [0.2, 0.25) is 0 Å². The van der Waals surface area contributed by atoms with Gasteiger partial charge in [-0.25, -0.2) is 23.1 Å². The van der Waals surface area contributed by atoms with Crippen LogP contribution in [0.25, 0.3) is 11.0 Å². The van der Waals surface area contributed by atoms with E-state index in [1.54, 1.807) is 36.6 Å². The SMILES string of the molecule is Cc1nc(C(F)F)ccc1N1CCN(Cn2c(=O)c(C)nc3c(F)cccc32)CC1. The maximum atomic E-state index is 14.2. The van der Waals surface area contributed by atoms with Gasteiger partial charge in [0, 0.05) is 26.2 Å². The Bertz CT molecular complexity index is 1140. The number of anilines is 1. The first-order chi connectivity index (χ1) is 14.3. The molecule has 4 rings (SSSR count). The van der Waals surface area contributed by atoms with Crippen LogP contribution in [0.15, 0.2) is 35.1 Å². The van der Waals surface area contributed by atoms with Gasteiger partial charge in [0.05, 0.1) is 23.6 Å². The highest BCUT2D eigenvalue weighted by Crippen LogP contribution is 2.24. The second kappa shape index (κ2) is 8.06. The average molecular weight is 417 g/mol. The number of aromatic nitrogens is 3. The zero-order valence-corrected chi connectivity index (χ0v) is 16.8. The molecule has 30 heavy (non-hydrogen) atoms. The minimum absolute atomic E-state index is 0.189. The van der Waals surface area contributed by atoms with Gasteiger partial charge in [0.1, 0.15) is 16.9 Å². The zero-order chi connectivity index (χ0) is 21.4. The Labute approximate surface area is 171 Å². The maximum Gasteiger partial charge on any atom is 0.280 e. The molecule has 3 heterocycles. The summed E-state index contributed by atoms with van der Waals surface area (Å²) in [6.45, 7) is 6.32. The minimum atomic E-state index is -2.59. The van der Waals surface area contributed by atoms with Gasteiger partial charge in [-0.2, -0.15) is 0 Å². The molecule has 2 aromatic heterocycles. The third-order valence-corrected chi connectivity index (χ3v) is 5.45. The predicted molar refractivity (Wildman–Crippen MR) is 108 cm³/mol. The van der Waals surface area contributed by atoms with Crippen LogP contribution >= 0.6 is 0 Å². The summed E-state index contributed by atoms with van der Waals surface area (Å²) < 4.78 is 41.4. The van der Waals surface area contributed by atoms with Crippen LogP contribution < -0.4 is 10.5 Å². The molecule has 3 aromatic rings. The molecule has 0 N–H and O–H groups in total. The number of piperazine rings is 1. The molecule has 0 amide bonds. The Hall–Kier alpha value is -2.94. The van der Waals surface area contributed by atoms with Gasteiger partial charge < -0.3 is 4.90 Å². The smallest absolute Gasteiger partial charge is 0.280 e. The van der Waals surface area contributed by atoms with E-state index in [0.717, 1.165) is 5.69 Å². The van der Waals surface area contributed by atoms with E-state index in [9.17, 15) is 18.0 Å². The summed E-state index contributed by atoms with van der Waals surface area (Å²) >= 11 is 0. The van der Waals surface area contributed by atoms with Gasteiger partial charge in [-0.3, -0.25) is 14.3 Å². The molecule has 1 saturated heterocycles. The lowest BCUT2D eigenvalue weighted by Gasteiger charge is -2.36. The van der Waals surface area contributed by atoms with E-state index in [4.69, 9.17) is 0 Å². The lowest BCUT2D eigenvalue weighted by Crippen LogP contribution is -2.48. The molecule has 1 fully saturated rings. The van der Waals surface area contributed by atoms with E-state index in [1.807, 2.05) is 0 Å². The number of aryl methyl sites for hydroxylation is 2. The molecule has 0 radical (unpaired) electrons. The normalized spacial score (nSPS) is 15.3. The maximum absolute atomic E-state index is 14.2. The highest BCUT2D eigenvalue weighted by atomic mass is 19.3. The third kappa shape index (κ3) is 3.77. The van der Waals surface area contributed by atoms with Gasteiger partial charge >= 0.3 is 0 Å². The molecule has 0 aliphatic carbocycles. The van der Waals surface area contributed by atoms with E-state index < -0.39 is 12.2 Å². The minimum Gasteiger partial charge on any atom is -0.368 e. The molecule has 0 saturated carbocycles. The van der Waals surface area contributed by atoms with Crippen molar-refractivity contribution in [3.63, 3.8) is 0 Å². The van der Waals surface area contributed by atoms with Crippen LogP contribution in [0.2, 0.25) is 0 Å². The number of nitrogens with zero attached hydrogens (tertiary/aromatic N) is 5. The number of halogens is 3. The Kier molecular flexibility index (Phi) is 5.46. The van der Waals surface area contributed by atoms with Crippen molar-refractivity contribution in [3.8, 4) is 0 Å². The van der Waals surface area contributed by atoms with Crippen LogP contribution in [0.1, 0.15) is 23.5 Å². The van der Waals surface area contributed by atoms with Gasteiger partial charge in [0.15, 0.2) is 5.82 Å². The van der Waals surface area contributed by atoms with Crippen molar-refractivity contribution in [2.75, 3.05) is 31.1 Å². The molecule has 9 heteroatoms. The van der Waals surface area contributed by atoms with Crippen LogP contribution in [-0.4, -0.2) is 45.6 Å². The Balaban J connectivity index is 1.52. The molecule has 1 aromatic carbocycles. The summed E-state index contributed by atoms with van der Waals surface area (Å²) in [5.74, 6) is -0.454. The number of hydrogen-bond acceptors (Lipinski definition) is 5. The highest BCUT2D eigenvalue weighted by molar-refractivity contribution is 5.75. The summed E-state index contributed by atoms with van der Waals surface area (Å²) in [5, 5.41) is 0. The van der Waals surface area contributed by atoms with E-state index in [0.29, 0.717) is 44.1 Å². The lowest BCUT2D eigenvalue weighted by atomic mass is 10.2. The van der Waals surface area contributed by atoms with Crippen molar-refractivity contribution >= 4 is 16.7 Å². The van der Waals surface area contributed by atoms with Crippen molar-refractivity contribution in [1.82, 2.24) is 19.4 Å². The third-order valence-electron chi connectivity index (χ3n) is 5.45. The zero-order valence-electron chi connectivity index (χ0n) is 16.8. The monoisotopic (exact) mass is 417 g/mol. The van der Waals surface area contributed by atoms with Crippen molar-refractivity contribution in [1.29, 1.82) is 0 Å². The predicted octanol–water partition coefficient (Wildman–Crippen LogP) is 3.26. The summed E-state index contributed by atoms with van der Waals surface area (Å²) in [7, 11) is 0. The number of benzene rings is 1. The number of pyridine rings is 1. The average Bonchev–Trinajstić information content (AvgIpc) is 2.72. The van der Waals surface area contributed by atoms with Crippen LogP contribution in [0.3, 0.4) is 0 Å². The fraction of sp³-hybridized carbons (Fsp3) is 0.381.